The van der Waals surface area contributed by atoms with Crippen molar-refractivity contribution in [3.8, 4) is 67.8 Å². The van der Waals surface area contributed by atoms with Crippen molar-refractivity contribution >= 4 is 10.9 Å². The predicted octanol–water partition coefficient (Wildman–Crippen LogP) is 11.7. The van der Waals surface area contributed by atoms with Gasteiger partial charge in [0.1, 0.15) is 0 Å². The summed E-state index contributed by atoms with van der Waals surface area (Å²) >= 11 is 0. The van der Waals surface area contributed by atoms with E-state index in [1.807, 2.05) is 60.7 Å². The van der Waals surface area contributed by atoms with Crippen LogP contribution in [0.4, 0.5) is 0 Å². The molecule has 262 valence electrons. The summed E-state index contributed by atoms with van der Waals surface area (Å²) in [5.41, 5.74) is 17.3. The Hall–Kier alpha value is -6.85. The number of fused-ring (bicyclic) bond motifs is 7. The fourth-order valence-electron chi connectivity index (χ4n) is 9.05. The van der Waals surface area contributed by atoms with Gasteiger partial charge in [0.2, 0.25) is 0 Å². The van der Waals surface area contributed by atoms with Crippen molar-refractivity contribution in [1.82, 2.24) is 24.1 Å². The molecule has 0 unspecified atom stereocenters. The summed E-state index contributed by atoms with van der Waals surface area (Å²) in [6.07, 6.45) is 4.24. The first kappa shape index (κ1) is 31.7. The van der Waals surface area contributed by atoms with Crippen LogP contribution in [0.5, 0.6) is 0 Å². The van der Waals surface area contributed by atoms with Gasteiger partial charge in [-0.1, -0.05) is 141 Å². The highest BCUT2D eigenvalue weighted by molar-refractivity contribution is 6.03. The van der Waals surface area contributed by atoms with Gasteiger partial charge < -0.3 is 9.13 Å². The quantitative estimate of drug-likeness (QED) is 0.179. The highest BCUT2D eigenvalue weighted by atomic mass is 15.0. The van der Waals surface area contributed by atoms with Crippen LogP contribution in [0.15, 0.2) is 164 Å². The molecule has 3 aromatic heterocycles. The Morgan fingerprint density at radius 1 is 0.491 bits per heavy atom. The number of hydrogen-bond donors (Lipinski definition) is 0. The largest absolute Gasteiger partial charge is 0.320 e. The molecule has 1 aliphatic carbocycles. The summed E-state index contributed by atoms with van der Waals surface area (Å²) < 4.78 is 4.97. The summed E-state index contributed by atoms with van der Waals surface area (Å²) in [7, 11) is 0. The van der Waals surface area contributed by atoms with Crippen molar-refractivity contribution in [2.24, 2.45) is 0 Å². The second-order valence-corrected chi connectivity index (χ2v) is 15.2. The molecule has 0 atom stereocenters. The first-order chi connectivity index (χ1) is 27.0. The minimum Gasteiger partial charge on any atom is -0.320 e. The zero-order chi connectivity index (χ0) is 36.7. The van der Waals surface area contributed by atoms with Gasteiger partial charge in [0, 0.05) is 67.6 Å². The molecule has 5 heteroatoms. The van der Waals surface area contributed by atoms with Crippen molar-refractivity contribution in [2.45, 2.75) is 32.1 Å². The molecule has 0 saturated heterocycles. The minimum atomic E-state index is -0.0649. The molecule has 11 rings (SSSR count). The van der Waals surface area contributed by atoms with Gasteiger partial charge in [-0.3, -0.25) is 0 Å². The Balaban J connectivity index is 0.956. The van der Waals surface area contributed by atoms with Gasteiger partial charge in [0.05, 0.1) is 5.52 Å². The van der Waals surface area contributed by atoms with E-state index in [1.165, 1.54) is 55.9 Å². The Morgan fingerprint density at radius 3 is 1.80 bits per heavy atom. The van der Waals surface area contributed by atoms with E-state index in [2.05, 4.69) is 126 Å². The van der Waals surface area contributed by atoms with E-state index < -0.39 is 0 Å². The Morgan fingerprint density at radius 2 is 1.07 bits per heavy atom. The van der Waals surface area contributed by atoms with E-state index in [1.54, 1.807) is 0 Å². The fourth-order valence-corrected chi connectivity index (χ4v) is 9.05. The molecule has 0 bridgehead atoms. The lowest BCUT2D eigenvalue weighted by atomic mass is 9.74. The van der Waals surface area contributed by atoms with Crippen molar-refractivity contribution in [1.29, 1.82) is 0 Å². The molecule has 0 amide bonds. The topological polar surface area (TPSA) is 48.5 Å². The fraction of sp³-hybridized carbons (Fsp3) is 0.100. The summed E-state index contributed by atoms with van der Waals surface area (Å²) in [6.45, 7) is 4.74. The third kappa shape index (κ3) is 4.89. The molecule has 5 nitrogen and oxygen atoms in total. The first-order valence-corrected chi connectivity index (χ1v) is 19.1. The van der Waals surface area contributed by atoms with Gasteiger partial charge in [-0.05, 0) is 65.4 Å². The van der Waals surface area contributed by atoms with Gasteiger partial charge in [0.15, 0.2) is 17.5 Å². The molecule has 1 aliphatic heterocycles. The van der Waals surface area contributed by atoms with Crippen LogP contribution in [0.1, 0.15) is 36.4 Å². The third-order valence-electron chi connectivity index (χ3n) is 11.7. The average molecular weight is 708 g/mol. The molecule has 55 heavy (non-hydrogen) atoms. The average Bonchev–Trinajstić information content (AvgIpc) is 3.83. The van der Waals surface area contributed by atoms with Crippen LogP contribution in [0.3, 0.4) is 0 Å². The van der Waals surface area contributed by atoms with Gasteiger partial charge >= 0.3 is 0 Å². The first-order valence-electron chi connectivity index (χ1n) is 19.1. The molecule has 2 aliphatic rings. The normalized spacial score (nSPS) is 13.6. The van der Waals surface area contributed by atoms with Crippen LogP contribution in [-0.2, 0) is 18.3 Å². The molecule has 4 heterocycles. The molecule has 0 radical (unpaired) electrons. The molecule has 0 fully saturated rings. The Bertz CT molecular complexity index is 2880. The Kier molecular flexibility index (Phi) is 6.96. The van der Waals surface area contributed by atoms with E-state index in [9.17, 15) is 0 Å². The number of rotatable bonds is 5. The standard InChI is InChI=1S/C50H37N5/c1-50(2)40-20-9-10-22-43(40)55-44-28-27-42-38(45(44)39-19-12-21-41(50)46(39)55)29-30-54(42)37-25-23-32(24-26-37)35-17-11-18-36(31-35)49-52-47(33-13-5-3-6-14-33)51-48(53-49)34-15-7-4-8-16-34/h3-26,29-31H,27-28H2,1-2H3. The lowest BCUT2D eigenvalue weighted by Crippen LogP contribution is -2.26. The zero-order valence-electron chi connectivity index (χ0n) is 30.7. The third-order valence-corrected chi connectivity index (χ3v) is 11.7. The predicted molar refractivity (Wildman–Crippen MR) is 223 cm³/mol. The summed E-state index contributed by atoms with van der Waals surface area (Å²) in [6, 6.07) is 55.9. The summed E-state index contributed by atoms with van der Waals surface area (Å²) in [5, 5.41) is 1.36. The lowest BCUT2D eigenvalue weighted by Gasteiger charge is -2.35. The molecule has 6 aromatic carbocycles. The summed E-state index contributed by atoms with van der Waals surface area (Å²) in [4.78, 5) is 14.8. The molecular weight excluding hydrogens is 671 g/mol. The maximum Gasteiger partial charge on any atom is 0.164 e. The zero-order valence-corrected chi connectivity index (χ0v) is 30.7. The second kappa shape index (κ2) is 12.1. The monoisotopic (exact) mass is 707 g/mol. The Labute approximate surface area is 320 Å². The van der Waals surface area contributed by atoms with Crippen molar-refractivity contribution in [2.75, 3.05) is 0 Å². The SMILES string of the molecule is CC1(C)c2ccccc2-n2c3c(c4cccc1c42)-c1ccn(-c2ccc(-c4cccc(-c5nc(-c6ccccc6)nc(-c6ccccc6)n5)c4)cc2)c1CC3. The van der Waals surface area contributed by atoms with E-state index in [0.717, 1.165) is 40.7 Å². The van der Waals surface area contributed by atoms with Crippen molar-refractivity contribution < 1.29 is 0 Å². The summed E-state index contributed by atoms with van der Waals surface area (Å²) in [5.74, 6) is 1.97. The van der Waals surface area contributed by atoms with Crippen LogP contribution in [0.25, 0.3) is 78.7 Å². The van der Waals surface area contributed by atoms with Crippen LogP contribution >= 0.6 is 0 Å². The number of nitrogens with zero attached hydrogens (tertiary/aromatic N) is 5. The molecule has 9 aromatic rings. The van der Waals surface area contributed by atoms with Crippen LogP contribution in [-0.4, -0.2) is 24.1 Å². The number of aromatic nitrogens is 5. The maximum atomic E-state index is 4.96. The van der Waals surface area contributed by atoms with Crippen LogP contribution < -0.4 is 0 Å². The highest BCUT2D eigenvalue weighted by Crippen LogP contribution is 2.51. The number of para-hydroxylation sites is 2. The number of benzene rings is 6. The van der Waals surface area contributed by atoms with E-state index in [4.69, 9.17) is 15.0 Å². The van der Waals surface area contributed by atoms with Crippen LogP contribution in [0.2, 0.25) is 0 Å². The number of hydrogen-bond acceptors (Lipinski definition) is 3. The van der Waals surface area contributed by atoms with Gasteiger partial charge in [-0.25, -0.2) is 15.0 Å². The van der Waals surface area contributed by atoms with Gasteiger partial charge in [0.25, 0.3) is 0 Å². The highest BCUT2D eigenvalue weighted by Gasteiger charge is 2.37. The smallest absolute Gasteiger partial charge is 0.164 e. The van der Waals surface area contributed by atoms with Crippen molar-refractivity contribution in [3.63, 3.8) is 0 Å². The molecular formula is C50H37N5. The minimum absolute atomic E-state index is 0.0649. The second-order valence-electron chi connectivity index (χ2n) is 15.2. The van der Waals surface area contributed by atoms with Gasteiger partial charge in [-0.2, -0.15) is 0 Å². The van der Waals surface area contributed by atoms with Crippen LogP contribution in [0, 0.1) is 0 Å². The van der Waals surface area contributed by atoms with E-state index in [-0.39, 0.29) is 5.41 Å². The maximum absolute atomic E-state index is 4.96. The van der Waals surface area contributed by atoms with Gasteiger partial charge in [-0.15, -0.1) is 0 Å². The molecule has 0 N–H and O–H groups in total. The molecule has 0 spiro atoms. The lowest BCUT2D eigenvalue weighted by molar-refractivity contribution is 0.625. The van der Waals surface area contributed by atoms with E-state index in [0.29, 0.717) is 17.5 Å². The molecule has 0 saturated carbocycles. The van der Waals surface area contributed by atoms with E-state index >= 15 is 0 Å². The van der Waals surface area contributed by atoms with Crippen molar-refractivity contribution in [3.05, 3.63) is 186 Å².